The number of rotatable bonds is 5. The van der Waals surface area contributed by atoms with Crippen LogP contribution in [0.1, 0.15) is 17.3 Å². The Morgan fingerprint density at radius 3 is 2.07 bits per heavy atom. The molecule has 4 aromatic rings. The standard InChI is InChI=1S/C25H19F3O/c1-29-25-23(27)14-21(15-24(25)28)18-8-6-16(7-9-18)12-22(26)20-11-10-17-4-2-3-5-19(17)13-20/h2-11,13-15,22H,12H2,1H3. The Morgan fingerprint density at radius 1 is 0.759 bits per heavy atom. The first kappa shape index (κ1) is 19.1. The highest BCUT2D eigenvalue weighted by molar-refractivity contribution is 5.83. The van der Waals surface area contributed by atoms with Crippen molar-refractivity contribution in [3.63, 3.8) is 0 Å². The van der Waals surface area contributed by atoms with Crippen molar-refractivity contribution in [2.24, 2.45) is 0 Å². The van der Waals surface area contributed by atoms with Crippen molar-refractivity contribution in [3.05, 3.63) is 102 Å². The molecule has 0 bridgehead atoms. The van der Waals surface area contributed by atoms with Crippen molar-refractivity contribution >= 4 is 10.8 Å². The van der Waals surface area contributed by atoms with Gasteiger partial charge in [0.2, 0.25) is 0 Å². The van der Waals surface area contributed by atoms with Gasteiger partial charge in [0.25, 0.3) is 0 Å². The van der Waals surface area contributed by atoms with Crippen molar-refractivity contribution in [2.45, 2.75) is 12.6 Å². The zero-order valence-corrected chi connectivity index (χ0v) is 15.8. The molecule has 4 rings (SSSR count). The minimum atomic E-state index is -1.14. The van der Waals surface area contributed by atoms with Gasteiger partial charge in [-0.3, -0.25) is 0 Å². The van der Waals surface area contributed by atoms with E-state index in [1.165, 1.54) is 19.2 Å². The second-order valence-electron chi connectivity index (χ2n) is 6.95. The molecule has 0 N–H and O–H groups in total. The Labute approximate surface area is 167 Å². The summed E-state index contributed by atoms with van der Waals surface area (Å²) in [5.74, 6) is -1.92. The molecular weight excluding hydrogens is 373 g/mol. The first-order valence-electron chi connectivity index (χ1n) is 9.30. The van der Waals surface area contributed by atoms with Gasteiger partial charge in [0.1, 0.15) is 6.17 Å². The van der Waals surface area contributed by atoms with E-state index < -0.39 is 23.6 Å². The van der Waals surface area contributed by atoms with Gasteiger partial charge in [-0.2, -0.15) is 0 Å². The summed E-state index contributed by atoms with van der Waals surface area (Å²) in [6.07, 6.45) is -0.912. The summed E-state index contributed by atoms with van der Waals surface area (Å²) >= 11 is 0. The largest absolute Gasteiger partial charge is 0.491 e. The highest BCUT2D eigenvalue weighted by Gasteiger charge is 2.14. The fourth-order valence-electron chi connectivity index (χ4n) is 3.48. The molecule has 0 saturated heterocycles. The van der Waals surface area contributed by atoms with Crippen molar-refractivity contribution in [1.82, 2.24) is 0 Å². The minimum absolute atomic E-state index is 0.226. The lowest BCUT2D eigenvalue weighted by Crippen LogP contribution is -1.97. The molecule has 1 atom stereocenters. The lowest BCUT2D eigenvalue weighted by molar-refractivity contribution is 0.342. The van der Waals surface area contributed by atoms with Crippen LogP contribution in [-0.4, -0.2) is 7.11 Å². The number of methoxy groups -OCH3 is 1. The zero-order chi connectivity index (χ0) is 20.4. The maximum Gasteiger partial charge on any atom is 0.190 e. The van der Waals surface area contributed by atoms with E-state index in [0.717, 1.165) is 16.3 Å². The van der Waals surface area contributed by atoms with Gasteiger partial charge in [-0.15, -0.1) is 0 Å². The van der Waals surface area contributed by atoms with E-state index in [9.17, 15) is 13.2 Å². The molecule has 1 unspecified atom stereocenters. The summed E-state index contributed by atoms with van der Waals surface area (Å²) in [6, 6.07) is 22.9. The molecule has 1 nitrogen and oxygen atoms in total. The Kier molecular flexibility index (Phi) is 5.26. The quantitative estimate of drug-likeness (QED) is 0.354. The van der Waals surface area contributed by atoms with E-state index in [0.29, 0.717) is 16.7 Å². The molecule has 0 spiro atoms. The topological polar surface area (TPSA) is 9.23 Å². The molecule has 4 aromatic carbocycles. The van der Waals surface area contributed by atoms with E-state index in [1.807, 2.05) is 42.5 Å². The Bertz CT molecular complexity index is 1130. The van der Waals surface area contributed by atoms with E-state index in [4.69, 9.17) is 4.74 Å². The van der Waals surface area contributed by atoms with E-state index in [2.05, 4.69) is 0 Å². The molecule has 29 heavy (non-hydrogen) atoms. The van der Waals surface area contributed by atoms with Crippen LogP contribution in [0.2, 0.25) is 0 Å². The summed E-state index contributed by atoms with van der Waals surface area (Å²) < 4.78 is 47.4. The zero-order valence-electron chi connectivity index (χ0n) is 15.8. The van der Waals surface area contributed by atoms with Crippen LogP contribution >= 0.6 is 0 Å². The van der Waals surface area contributed by atoms with Crippen molar-refractivity contribution < 1.29 is 17.9 Å². The summed E-state index contributed by atoms with van der Waals surface area (Å²) in [6.45, 7) is 0. The molecule has 4 heteroatoms. The van der Waals surface area contributed by atoms with Crippen molar-refractivity contribution in [2.75, 3.05) is 7.11 Å². The fourth-order valence-corrected chi connectivity index (χ4v) is 3.48. The highest BCUT2D eigenvalue weighted by atomic mass is 19.1. The maximum atomic E-state index is 14.8. The number of hydrogen-bond acceptors (Lipinski definition) is 1. The smallest absolute Gasteiger partial charge is 0.190 e. The number of halogens is 3. The van der Waals surface area contributed by atoms with Gasteiger partial charge >= 0.3 is 0 Å². The minimum Gasteiger partial charge on any atom is -0.491 e. The lowest BCUT2D eigenvalue weighted by atomic mass is 9.97. The van der Waals surface area contributed by atoms with Gasteiger partial charge in [0.05, 0.1) is 7.11 Å². The first-order chi connectivity index (χ1) is 14.0. The lowest BCUT2D eigenvalue weighted by Gasteiger charge is -2.11. The Hall–Kier alpha value is -3.27. The van der Waals surface area contributed by atoms with E-state index in [1.54, 1.807) is 24.3 Å². The fraction of sp³-hybridized carbons (Fsp3) is 0.120. The Balaban J connectivity index is 1.53. The molecule has 146 valence electrons. The normalized spacial score (nSPS) is 12.1. The molecule has 0 aliphatic heterocycles. The number of benzene rings is 4. The molecule has 0 aliphatic carbocycles. The average Bonchev–Trinajstić information content (AvgIpc) is 2.73. The van der Waals surface area contributed by atoms with Crippen LogP contribution in [0.3, 0.4) is 0 Å². The predicted octanol–water partition coefficient (Wildman–Crippen LogP) is 7.05. The molecular formula is C25H19F3O. The van der Waals surface area contributed by atoms with Gasteiger partial charge in [-0.05, 0) is 51.2 Å². The van der Waals surface area contributed by atoms with Crippen LogP contribution in [0.4, 0.5) is 13.2 Å². The summed E-state index contributed by atoms with van der Waals surface area (Å²) in [5, 5.41) is 2.08. The number of fused-ring (bicyclic) bond motifs is 1. The monoisotopic (exact) mass is 392 g/mol. The number of alkyl halides is 1. The average molecular weight is 392 g/mol. The first-order valence-corrected chi connectivity index (χ1v) is 9.30. The van der Waals surface area contributed by atoms with Crippen molar-refractivity contribution in [1.29, 1.82) is 0 Å². The summed E-state index contributed by atoms with van der Waals surface area (Å²) in [4.78, 5) is 0. The maximum absolute atomic E-state index is 14.8. The van der Waals surface area contributed by atoms with Gasteiger partial charge in [0.15, 0.2) is 17.4 Å². The third-order valence-electron chi connectivity index (χ3n) is 5.04. The molecule has 0 aromatic heterocycles. The second-order valence-corrected chi connectivity index (χ2v) is 6.95. The molecule has 0 radical (unpaired) electrons. The van der Waals surface area contributed by atoms with Gasteiger partial charge in [0, 0.05) is 6.42 Å². The SMILES string of the molecule is COc1c(F)cc(-c2ccc(CC(F)c3ccc4ccccc4c3)cc2)cc1F. The van der Waals surface area contributed by atoms with Crippen LogP contribution < -0.4 is 4.74 Å². The van der Waals surface area contributed by atoms with Crippen LogP contribution in [0.15, 0.2) is 78.9 Å². The highest BCUT2D eigenvalue weighted by Crippen LogP contribution is 2.30. The van der Waals surface area contributed by atoms with E-state index in [-0.39, 0.29) is 6.42 Å². The Morgan fingerprint density at radius 2 is 1.41 bits per heavy atom. The van der Waals surface area contributed by atoms with Gasteiger partial charge in [-0.25, -0.2) is 13.2 Å². The molecule has 0 aliphatic rings. The summed E-state index contributed by atoms with van der Waals surface area (Å²) in [5.41, 5.74) is 2.49. The van der Waals surface area contributed by atoms with Gasteiger partial charge in [-0.1, -0.05) is 60.7 Å². The van der Waals surface area contributed by atoms with Crippen LogP contribution in [0.5, 0.6) is 5.75 Å². The number of ether oxygens (including phenoxy) is 1. The summed E-state index contributed by atoms with van der Waals surface area (Å²) in [7, 11) is 1.22. The second kappa shape index (κ2) is 8.00. The molecule has 0 saturated carbocycles. The van der Waals surface area contributed by atoms with Crippen LogP contribution in [0, 0.1) is 11.6 Å². The third kappa shape index (κ3) is 3.97. The molecule has 0 heterocycles. The van der Waals surface area contributed by atoms with Crippen LogP contribution in [-0.2, 0) is 6.42 Å². The number of hydrogen-bond donors (Lipinski definition) is 0. The molecule has 0 amide bonds. The molecule has 0 fully saturated rings. The van der Waals surface area contributed by atoms with Gasteiger partial charge < -0.3 is 4.74 Å². The van der Waals surface area contributed by atoms with E-state index >= 15 is 0 Å². The predicted molar refractivity (Wildman–Crippen MR) is 110 cm³/mol. The third-order valence-corrected chi connectivity index (χ3v) is 5.04. The van der Waals surface area contributed by atoms with Crippen LogP contribution in [0.25, 0.3) is 21.9 Å². The van der Waals surface area contributed by atoms with Crippen molar-refractivity contribution in [3.8, 4) is 16.9 Å².